The molecule has 0 aliphatic heterocycles. The van der Waals surface area contributed by atoms with Crippen LogP contribution in [0.5, 0.6) is 0 Å². The molecule has 17 heavy (non-hydrogen) atoms. The van der Waals surface area contributed by atoms with Crippen LogP contribution < -0.4 is 11.3 Å². The van der Waals surface area contributed by atoms with Gasteiger partial charge < -0.3 is 10.2 Å². The number of nitrogen functional groups attached to an aromatic ring is 1. The Morgan fingerprint density at radius 3 is 2.65 bits per heavy atom. The lowest BCUT2D eigenvalue weighted by Crippen LogP contribution is -2.17. The number of anilines is 1. The Hall–Kier alpha value is -1.20. The number of aryl methyl sites for hydroxylation is 1. The van der Waals surface area contributed by atoms with Crippen LogP contribution in [0.3, 0.4) is 0 Å². The lowest BCUT2D eigenvalue weighted by Gasteiger charge is -2.17. The number of nitrogens with zero attached hydrogens (tertiary/aromatic N) is 2. The summed E-state index contributed by atoms with van der Waals surface area (Å²) in [6.45, 7) is 4.06. The molecule has 1 unspecified atom stereocenters. The molecular weight excluding hydrogens is 216 g/mol. The lowest BCUT2D eigenvalue weighted by molar-refractivity contribution is 0.0771. The van der Waals surface area contributed by atoms with Gasteiger partial charge in [0.25, 0.3) is 0 Å². The number of hydrogen-bond donors (Lipinski definition) is 2. The second-order valence-electron chi connectivity index (χ2n) is 4.49. The largest absolute Gasteiger partial charge is 0.373 e. The minimum absolute atomic E-state index is 0.00621. The molecule has 0 amide bonds. The first kappa shape index (κ1) is 12.3. The summed E-state index contributed by atoms with van der Waals surface area (Å²) in [4.78, 5) is 9.04. The Morgan fingerprint density at radius 1 is 1.47 bits per heavy atom. The van der Waals surface area contributed by atoms with Gasteiger partial charge in [0.2, 0.25) is 0 Å². The van der Waals surface area contributed by atoms with Gasteiger partial charge in [0.15, 0.2) is 5.82 Å². The van der Waals surface area contributed by atoms with E-state index in [-0.39, 0.29) is 6.10 Å². The van der Waals surface area contributed by atoms with E-state index in [2.05, 4.69) is 22.3 Å². The van der Waals surface area contributed by atoms with Gasteiger partial charge in [-0.3, -0.25) is 0 Å². The Bertz CT molecular complexity index is 404. The molecule has 0 spiro atoms. The van der Waals surface area contributed by atoms with Crippen molar-refractivity contribution in [2.24, 2.45) is 11.8 Å². The summed E-state index contributed by atoms with van der Waals surface area (Å²) in [5, 5.41) is 0. The predicted octanol–water partition coefficient (Wildman–Crippen LogP) is 1.73. The number of nitrogens with one attached hydrogen (secondary N) is 1. The minimum Gasteiger partial charge on any atom is -0.373 e. The fourth-order valence-corrected chi connectivity index (χ4v) is 2.20. The summed E-state index contributed by atoms with van der Waals surface area (Å²) in [5.41, 5.74) is 4.71. The van der Waals surface area contributed by atoms with Crippen molar-refractivity contribution in [2.45, 2.75) is 39.2 Å². The Labute approximate surface area is 102 Å². The zero-order valence-corrected chi connectivity index (χ0v) is 10.7. The molecule has 1 fully saturated rings. The molecule has 1 aliphatic carbocycles. The second kappa shape index (κ2) is 4.98. The summed E-state index contributed by atoms with van der Waals surface area (Å²) >= 11 is 0. The first-order valence-corrected chi connectivity index (χ1v) is 6.08. The van der Waals surface area contributed by atoms with E-state index in [1.54, 1.807) is 7.11 Å². The second-order valence-corrected chi connectivity index (χ2v) is 4.49. The van der Waals surface area contributed by atoms with Gasteiger partial charge in [0.05, 0.1) is 0 Å². The molecule has 0 radical (unpaired) electrons. The van der Waals surface area contributed by atoms with Gasteiger partial charge >= 0.3 is 0 Å². The summed E-state index contributed by atoms with van der Waals surface area (Å²) in [6, 6.07) is 0. The maximum absolute atomic E-state index is 5.52. The van der Waals surface area contributed by atoms with Crippen LogP contribution in [-0.4, -0.2) is 17.1 Å². The van der Waals surface area contributed by atoms with Crippen LogP contribution in [0, 0.1) is 12.8 Å². The number of nitrogens with two attached hydrogens (primary N) is 1. The normalized spacial score (nSPS) is 16.9. The highest BCUT2D eigenvalue weighted by molar-refractivity contribution is 5.45. The Kier molecular flexibility index (Phi) is 3.59. The van der Waals surface area contributed by atoms with Gasteiger partial charge in [-0.25, -0.2) is 15.8 Å². The fourth-order valence-electron chi connectivity index (χ4n) is 2.20. The summed E-state index contributed by atoms with van der Waals surface area (Å²) in [7, 11) is 1.71. The van der Waals surface area contributed by atoms with E-state index in [0.29, 0.717) is 5.92 Å². The minimum atomic E-state index is 0.00621. The number of hydrazine groups is 1. The van der Waals surface area contributed by atoms with Crippen molar-refractivity contribution in [1.29, 1.82) is 0 Å². The molecule has 1 aliphatic rings. The van der Waals surface area contributed by atoms with Crippen LogP contribution in [-0.2, 0) is 11.2 Å². The summed E-state index contributed by atoms with van der Waals surface area (Å²) in [6.07, 6.45) is 3.27. The van der Waals surface area contributed by atoms with Gasteiger partial charge in [-0.15, -0.1) is 0 Å². The van der Waals surface area contributed by atoms with Gasteiger partial charge in [-0.2, -0.15) is 0 Å². The maximum Gasteiger partial charge on any atom is 0.160 e. The molecule has 5 nitrogen and oxygen atoms in total. The third kappa shape index (κ3) is 2.40. The molecule has 2 rings (SSSR count). The first-order chi connectivity index (χ1) is 8.21. The highest BCUT2D eigenvalue weighted by Gasteiger charge is 2.34. The number of rotatable bonds is 5. The molecular formula is C12H20N4O. The predicted molar refractivity (Wildman–Crippen MR) is 66.4 cm³/mol. The summed E-state index contributed by atoms with van der Waals surface area (Å²) < 4.78 is 5.49. The SMILES string of the molecule is CCc1c(C)nc(C(OC)C2CC2)nc1NN. The van der Waals surface area contributed by atoms with Crippen LogP contribution >= 0.6 is 0 Å². The van der Waals surface area contributed by atoms with E-state index in [9.17, 15) is 0 Å². The quantitative estimate of drug-likeness (QED) is 0.601. The molecule has 1 aromatic heterocycles. The van der Waals surface area contributed by atoms with E-state index in [1.165, 1.54) is 12.8 Å². The molecule has 1 saturated carbocycles. The van der Waals surface area contributed by atoms with Crippen molar-refractivity contribution in [3.8, 4) is 0 Å². The van der Waals surface area contributed by atoms with Crippen molar-refractivity contribution in [3.05, 3.63) is 17.1 Å². The number of hydrogen-bond acceptors (Lipinski definition) is 5. The highest BCUT2D eigenvalue weighted by atomic mass is 16.5. The zero-order chi connectivity index (χ0) is 12.4. The van der Waals surface area contributed by atoms with Crippen LogP contribution in [0.25, 0.3) is 0 Å². The molecule has 1 heterocycles. The molecule has 1 atom stereocenters. The van der Waals surface area contributed by atoms with E-state index in [0.717, 1.165) is 29.3 Å². The fraction of sp³-hybridized carbons (Fsp3) is 0.667. The van der Waals surface area contributed by atoms with Crippen molar-refractivity contribution in [1.82, 2.24) is 9.97 Å². The van der Waals surface area contributed by atoms with Gasteiger partial charge in [-0.05, 0) is 32.1 Å². The Balaban J connectivity index is 2.37. The highest BCUT2D eigenvalue weighted by Crippen LogP contribution is 2.42. The zero-order valence-electron chi connectivity index (χ0n) is 10.7. The van der Waals surface area contributed by atoms with Crippen molar-refractivity contribution >= 4 is 5.82 Å². The van der Waals surface area contributed by atoms with Crippen molar-refractivity contribution in [3.63, 3.8) is 0 Å². The average Bonchev–Trinajstić information content (AvgIpc) is 3.13. The van der Waals surface area contributed by atoms with Gasteiger partial charge in [0, 0.05) is 18.4 Å². The molecule has 0 bridgehead atoms. The van der Waals surface area contributed by atoms with Crippen LogP contribution in [0.4, 0.5) is 5.82 Å². The van der Waals surface area contributed by atoms with E-state index >= 15 is 0 Å². The average molecular weight is 236 g/mol. The molecule has 5 heteroatoms. The molecule has 3 N–H and O–H groups in total. The first-order valence-electron chi connectivity index (χ1n) is 6.08. The standard InChI is InChI=1S/C12H20N4O/c1-4-9-7(2)14-12(15-11(9)16-13)10(17-3)8-5-6-8/h8,10H,4-6,13H2,1-3H3,(H,14,15,16). The third-order valence-electron chi connectivity index (χ3n) is 3.28. The lowest BCUT2D eigenvalue weighted by atomic mass is 10.1. The topological polar surface area (TPSA) is 73.1 Å². The van der Waals surface area contributed by atoms with E-state index < -0.39 is 0 Å². The third-order valence-corrected chi connectivity index (χ3v) is 3.28. The molecule has 94 valence electrons. The van der Waals surface area contributed by atoms with E-state index in [1.807, 2.05) is 6.92 Å². The molecule has 0 saturated heterocycles. The summed E-state index contributed by atoms with van der Waals surface area (Å²) in [5.74, 6) is 7.55. The van der Waals surface area contributed by atoms with E-state index in [4.69, 9.17) is 10.6 Å². The number of aromatic nitrogens is 2. The van der Waals surface area contributed by atoms with Gasteiger partial charge in [-0.1, -0.05) is 6.92 Å². The van der Waals surface area contributed by atoms with Crippen molar-refractivity contribution < 1.29 is 4.74 Å². The smallest absolute Gasteiger partial charge is 0.160 e. The monoisotopic (exact) mass is 236 g/mol. The maximum atomic E-state index is 5.52. The van der Waals surface area contributed by atoms with Crippen LogP contribution in [0.15, 0.2) is 0 Å². The molecule has 1 aromatic rings. The number of methoxy groups -OCH3 is 1. The number of ether oxygens (including phenoxy) is 1. The van der Waals surface area contributed by atoms with Crippen molar-refractivity contribution in [2.75, 3.05) is 12.5 Å². The molecule has 0 aromatic carbocycles. The van der Waals surface area contributed by atoms with Crippen LogP contribution in [0.2, 0.25) is 0 Å². The van der Waals surface area contributed by atoms with Crippen LogP contribution in [0.1, 0.15) is 43.0 Å². The Morgan fingerprint density at radius 2 is 2.18 bits per heavy atom. The van der Waals surface area contributed by atoms with Gasteiger partial charge in [0.1, 0.15) is 11.9 Å².